The molecule has 0 fully saturated rings. The van der Waals surface area contributed by atoms with Crippen LogP contribution in [-0.4, -0.2) is 23.4 Å². The predicted octanol–water partition coefficient (Wildman–Crippen LogP) is 2.97. The van der Waals surface area contributed by atoms with E-state index in [1.807, 2.05) is 0 Å². The molecule has 0 saturated carbocycles. The SMILES string of the molecule is Nc1ncc(S(=O)(=O)c2cccc(C(F)(F)F)c2)c(-c2ccncc2)n1. The van der Waals surface area contributed by atoms with E-state index >= 15 is 0 Å². The number of nitrogens with two attached hydrogens (primary N) is 1. The summed E-state index contributed by atoms with van der Waals surface area (Å²) in [6, 6.07) is 6.49. The Morgan fingerprint density at radius 1 is 1.04 bits per heavy atom. The van der Waals surface area contributed by atoms with Crippen LogP contribution in [0.3, 0.4) is 0 Å². The monoisotopic (exact) mass is 380 g/mol. The Kier molecular flexibility index (Phi) is 4.36. The van der Waals surface area contributed by atoms with E-state index in [1.54, 1.807) is 0 Å². The van der Waals surface area contributed by atoms with Gasteiger partial charge in [-0.05, 0) is 30.3 Å². The molecule has 3 rings (SSSR count). The third kappa shape index (κ3) is 3.36. The first-order chi connectivity index (χ1) is 12.2. The minimum atomic E-state index is -4.67. The Morgan fingerprint density at radius 3 is 2.38 bits per heavy atom. The van der Waals surface area contributed by atoms with E-state index in [2.05, 4.69) is 15.0 Å². The van der Waals surface area contributed by atoms with Gasteiger partial charge < -0.3 is 5.73 Å². The molecule has 10 heteroatoms. The van der Waals surface area contributed by atoms with Crippen molar-refractivity contribution in [1.29, 1.82) is 0 Å². The van der Waals surface area contributed by atoms with Gasteiger partial charge in [-0.3, -0.25) is 4.98 Å². The van der Waals surface area contributed by atoms with Gasteiger partial charge in [0, 0.05) is 18.0 Å². The lowest BCUT2D eigenvalue weighted by atomic mass is 10.2. The van der Waals surface area contributed by atoms with Gasteiger partial charge in [0.2, 0.25) is 15.8 Å². The standard InChI is InChI=1S/C16H11F3N4O2S/c17-16(18,19)11-2-1-3-12(8-11)26(24,25)13-9-22-15(20)23-14(13)10-4-6-21-7-5-10/h1-9H,(H2,20,22,23). The normalized spacial score (nSPS) is 12.1. The summed E-state index contributed by atoms with van der Waals surface area (Å²) in [7, 11) is -4.32. The fraction of sp³-hybridized carbons (Fsp3) is 0.0625. The molecule has 134 valence electrons. The highest BCUT2D eigenvalue weighted by molar-refractivity contribution is 7.91. The molecule has 0 radical (unpaired) electrons. The molecule has 2 N–H and O–H groups in total. The maximum Gasteiger partial charge on any atom is 0.416 e. The Hall–Kier alpha value is -3.01. The number of hydrogen-bond acceptors (Lipinski definition) is 6. The van der Waals surface area contributed by atoms with E-state index in [-0.39, 0.29) is 16.5 Å². The first-order valence-electron chi connectivity index (χ1n) is 7.15. The number of aromatic nitrogens is 3. The van der Waals surface area contributed by atoms with Crippen LogP contribution in [0.15, 0.2) is 64.8 Å². The summed E-state index contributed by atoms with van der Waals surface area (Å²) >= 11 is 0. The number of sulfone groups is 1. The van der Waals surface area contributed by atoms with Crippen molar-refractivity contribution in [1.82, 2.24) is 15.0 Å². The Balaban J connectivity index is 2.21. The minimum absolute atomic E-state index is 0.0164. The van der Waals surface area contributed by atoms with Crippen molar-refractivity contribution in [2.45, 2.75) is 16.0 Å². The van der Waals surface area contributed by atoms with Crippen LogP contribution < -0.4 is 5.73 Å². The predicted molar refractivity (Wildman–Crippen MR) is 86.6 cm³/mol. The van der Waals surface area contributed by atoms with Gasteiger partial charge >= 0.3 is 6.18 Å². The summed E-state index contributed by atoms with van der Waals surface area (Å²) in [5.41, 5.74) is 4.85. The second-order valence-electron chi connectivity index (χ2n) is 5.21. The number of rotatable bonds is 3. The van der Waals surface area contributed by atoms with Gasteiger partial charge in [-0.1, -0.05) is 6.07 Å². The molecule has 1 aromatic carbocycles. The molecule has 26 heavy (non-hydrogen) atoms. The number of benzene rings is 1. The van der Waals surface area contributed by atoms with Gasteiger partial charge in [-0.2, -0.15) is 13.2 Å². The third-order valence-corrected chi connectivity index (χ3v) is 5.24. The molecule has 2 aromatic heterocycles. The zero-order chi connectivity index (χ0) is 18.9. The van der Waals surface area contributed by atoms with Crippen LogP contribution in [0.1, 0.15) is 5.56 Å². The average molecular weight is 380 g/mol. The van der Waals surface area contributed by atoms with E-state index in [4.69, 9.17) is 5.73 Å². The van der Waals surface area contributed by atoms with E-state index < -0.39 is 26.5 Å². The molecule has 0 bridgehead atoms. The Morgan fingerprint density at radius 2 is 1.73 bits per heavy atom. The summed E-state index contributed by atoms with van der Waals surface area (Å²) in [5, 5.41) is 0. The number of nitrogen functional groups attached to an aromatic ring is 1. The van der Waals surface area contributed by atoms with Crippen molar-refractivity contribution in [3.05, 3.63) is 60.6 Å². The van der Waals surface area contributed by atoms with E-state index in [9.17, 15) is 21.6 Å². The number of anilines is 1. The quantitative estimate of drug-likeness (QED) is 0.750. The summed E-state index contributed by atoms with van der Waals surface area (Å²) in [6.07, 6.45) is -0.840. The molecule has 0 spiro atoms. The topological polar surface area (TPSA) is 98.8 Å². The van der Waals surface area contributed by atoms with Crippen LogP contribution in [0.5, 0.6) is 0 Å². The molecular weight excluding hydrogens is 369 g/mol. The van der Waals surface area contributed by atoms with Crippen molar-refractivity contribution in [2.24, 2.45) is 0 Å². The average Bonchev–Trinajstić information content (AvgIpc) is 2.61. The van der Waals surface area contributed by atoms with Gasteiger partial charge in [0.1, 0.15) is 4.90 Å². The highest BCUT2D eigenvalue weighted by Crippen LogP contribution is 2.34. The number of halogens is 3. The highest BCUT2D eigenvalue weighted by atomic mass is 32.2. The molecule has 0 atom stereocenters. The number of nitrogens with zero attached hydrogens (tertiary/aromatic N) is 3. The van der Waals surface area contributed by atoms with Gasteiger partial charge in [0.05, 0.1) is 22.3 Å². The fourth-order valence-electron chi connectivity index (χ4n) is 2.26. The first-order valence-corrected chi connectivity index (χ1v) is 8.63. The molecule has 0 amide bonds. The van der Waals surface area contributed by atoms with Gasteiger partial charge in [0.15, 0.2) is 0 Å². The van der Waals surface area contributed by atoms with Gasteiger partial charge in [-0.25, -0.2) is 18.4 Å². The van der Waals surface area contributed by atoms with Crippen molar-refractivity contribution in [2.75, 3.05) is 5.73 Å². The molecule has 0 unspecified atom stereocenters. The smallest absolute Gasteiger partial charge is 0.368 e. The zero-order valence-electron chi connectivity index (χ0n) is 13.0. The zero-order valence-corrected chi connectivity index (χ0v) is 13.8. The van der Waals surface area contributed by atoms with E-state index in [0.717, 1.165) is 24.4 Å². The number of hydrogen-bond donors (Lipinski definition) is 1. The lowest BCUT2D eigenvalue weighted by Crippen LogP contribution is -2.10. The van der Waals surface area contributed by atoms with Gasteiger partial charge in [-0.15, -0.1) is 0 Å². The van der Waals surface area contributed by atoms with Crippen molar-refractivity contribution < 1.29 is 21.6 Å². The largest absolute Gasteiger partial charge is 0.416 e. The molecule has 3 aromatic rings. The summed E-state index contributed by atoms with van der Waals surface area (Å²) < 4.78 is 64.6. The van der Waals surface area contributed by atoms with E-state index in [1.165, 1.54) is 24.5 Å². The maximum absolute atomic E-state index is 12.9. The fourth-order valence-corrected chi connectivity index (χ4v) is 3.67. The molecule has 2 heterocycles. The molecule has 6 nitrogen and oxygen atoms in total. The van der Waals surface area contributed by atoms with Crippen LogP contribution in [0, 0.1) is 0 Å². The lowest BCUT2D eigenvalue weighted by molar-refractivity contribution is -0.137. The van der Waals surface area contributed by atoms with Crippen molar-refractivity contribution >= 4 is 15.8 Å². The number of pyridine rings is 1. The van der Waals surface area contributed by atoms with Crippen LogP contribution in [0.25, 0.3) is 11.3 Å². The van der Waals surface area contributed by atoms with Crippen LogP contribution >= 0.6 is 0 Å². The van der Waals surface area contributed by atoms with Crippen LogP contribution in [-0.2, 0) is 16.0 Å². The Bertz CT molecular complexity index is 1050. The highest BCUT2D eigenvalue weighted by Gasteiger charge is 2.32. The summed E-state index contributed by atoms with van der Waals surface area (Å²) in [4.78, 5) is 10.6. The first kappa shape index (κ1) is 17.8. The second-order valence-corrected chi connectivity index (χ2v) is 7.12. The molecule has 0 aliphatic carbocycles. The third-order valence-electron chi connectivity index (χ3n) is 3.49. The summed E-state index contributed by atoms with van der Waals surface area (Å²) in [6.45, 7) is 0. The van der Waals surface area contributed by atoms with Crippen molar-refractivity contribution in [3.8, 4) is 11.3 Å². The molecule has 0 aliphatic heterocycles. The van der Waals surface area contributed by atoms with Crippen molar-refractivity contribution in [3.63, 3.8) is 0 Å². The van der Waals surface area contributed by atoms with Crippen LogP contribution in [0.4, 0.5) is 19.1 Å². The number of alkyl halides is 3. The Labute approximate surface area is 146 Å². The van der Waals surface area contributed by atoms with Gasteiger partial charge in [0.25, 0.3) is 0 Å². The minimum Gasteiger partial charge on any atom is -0.368 e. The van der Waals surface area contributed by atoms with E-state index in [0.29, 0.717) is 11.6 Å². The second kappa shape index (κ2) is 6.37. The molecule has 0 saturated heterocycles. The summed E-state index contributed by atoms with van der Waals surface area (Å²) in [5.74, 6) is -0.167. The molecule has 0 aliphatic rings. The maximum atomic E-state index is 12.9. The molecular formula is C16H11F3N4O2S. The van der Waals surface area contributed by atoms with Crippen LogP contribution in [0.2, 0.25) is 0 Å². The lowest BCUT2D eigenvalue weighted by Gasteiger charge is -2.12.